The molecular formula is C24H24BrClN4OS. The first kappa shape index (κ1) is 24.0. The lowest BCUT2D eigenvalue weighted by molar-refractivity contribution is 0.102. The van der Waals surface area contributed by atoms with E-state index in [-0.39, 0.29) is 5.91 Å². The maximum Gasteiger partial charge on any atom is 0.255 e. The second-order valence-corrected chi connectivity index (χ2v) is 9.18. The fourth-order valence-electron chi connectivity index (χ4n) is 3.02. The van der Waals surface area contributed by atoms with Crippen LogP contribution in [-0.2, 0) is 0 Å². The smallest absolute Gasteiger partial charge is 0.255 e. The Labute approximate surface area is 207 Å². The fraction of sp³-hybridized carbons (Fsp3) is 0.167. The summed E-state index contributed by atoms with van der Waals surface area (Å²) >= 11 is 15.2. The molecule has 0 unspecified atom stereocenters. The summed E-state index contributed by atoms with van der Waals surface area (Å²) in [5, 5.41) is 13.3. The summed E-state index contributed by atoms with van der Waals surface area (Å²) in [7, 11) is 1.81. The molecule has 0 aliphatic heterocycles. The molecule has 5 nitrogen and oxygen atoms in total. The molecule has 0 aliphatic rings. The Kier molecular flexibility index (Phi) is 8.12. The lowest BCUT2D eigenvalue weighted by Gasteiger charge is -2.17. The van der Waals surface area contributed by atoms with E-state index in [1.165, 1.54) is 0 Å². The van der Waals surface area contributed by atoms with Crippen molar-refractivity contribution in [1.82, 2.24) is 0 Å². The molecule has 0 bridgehead atoms. The van der Waals surface area contributed by atoms with Gasteiger partial charge in [0.15, 0.2) is 5.11 Å². The van der Waals surface area contributed by atoms with Gasteiger partial charge >= 0.3 is 0 Å². The van der Waals surface area contributed by atoms with Gasteiger partial charge in [0.05, 0.1) is 22.1 Å². The van der Waals surface area contributed by atoms with Crippen LogP contribution in [0.5, 0.6) is 0 Å². The molecule has 3 rings (SSSR count). The number of anilines is 4. The average Bonchev–Trinajstić information content (AvgIpc) is 2.76. The molecule has 0 saturated carbocycles. The lowest BCUT2D eigenvalue weighted by Crippen LogP contribution is -2.21. The molecule has 0 aromatic heterocycles. The van der Waals surface area contributed by atoms with E-state index in [1.54, 1.807) is 12.1 Å². The van der Waals surface area contributed by atoms with E-state index >= 15 is 0 Å². The lowest BCUT2D eigenvalue weighted by atomic mass is 10.0. The molecule has 0 heterocycles. The maximum atomic E-state index is 12.7. The largest absolute Gasteiger partial charge is 0.386 e. The Morgan fingerprint density at radius 1 is 0.906 bits per heavy atom. The number of hydrogen-bond acceptors (Lipinski definition) is 3. The molecule has 1 amide bonds. The van der Waals surface area contributed by atoms with Gasteiger partial charge in [0, 0.05) is 22.8 Å². The van der Waals surface area contributed by atoms with Gasteiger partial charge in [-0.2, -0.15) is 0 Å². The van der Waals surface area contributed by atoms with Crippen LogP contribution >= 0.6 is 39.7 Å². The molecule has 166 valence electrons. The monoisotopic (exact) mass is 530 g/mol. The number of benzene rings is 3. The highest BCUT2D eigenvalue weighted by atomic mass is 79.9. The second kappa shape index (κ2) is 10.8. The molecule has 32 heavy (non-hydrogen) atoms. The van der Waals surface area contributed by atoms with Gasteiger partial charge < -0.3 is 21.3 Å². The van der Waals surface area contributed by atoms with E-state index in [1.807, 2.05) is 55.6 Å². The second-order valence-electron chi connectivity index (χ2n) is 7.44. The first-order chi connectivity index (χ1) is 15.3. The van der Waals surface area contributed by atoms with Crippen LogP contribution in [0.1, 0.15) is 35.7 Å². The minimum Gasteiger partial charge on any atom is -0.386 e. The van der Waals surface area contributed by atoms with E-state index in [0.29, 0.717) is 33.0 Å². The van der Waals surface area contributed by atoms with Crippen LogP contribution in [0, 0.1) is 0 Å². The molecule has 8 heteroatoms. The average molecular weight is 532 g/mol. The van der Waals surface area contributed by atoms with Crippen LogP contribution in [0.2, 0.25) is 5.02 Å². The van der Waals surface area contributed by atoms with Crippen molar-refractivity contribution in [3.05, 3.63) is 81.3 Å². The predicted octanol–water partition coefficient (Wildman–Crippen LogP) is 7.33. The molecule has 0 radical (unpaired) electrons. The summed E-state index contributed by atoms with van der Waals surface area (Å²) in [4.78, 5) is 12.7. The highest BCUT2D eigenvalue weighted by Crippen LogP contribution is 2.28. The van der Waals surface area contributed by atoms with E-state index < -0.39 is 0 Å². The number of carbonyl (C=O) groups is 1. The zero-order valence-electron chi connectivity index (χ0n) is 17.9. The third kappa shape index (κ3) is 6.22. The number of amides is 1. The molecule has 0 aliphatic carbocycles. The molecule has 0 fully saturated rings. The van der Waals surface area contributed by atoms with E-state index in [2.05, 4.69) is 51.0 Å². The van der Waals surface area contributed by atoms with Crippen LogP contribution in [-0.4, -0.2) is 18.1 Å². The van der Waals surface area contributed by atoms with Crippen LogP contribution in [0.4, 0.5) is 22.7 Å². The number of halogens is 2. The van der Waals surface area contributed by atoms with Crippen LogP contribution in [0.15, 0.2) is 65.1 Å². The van der Waals surface area contributed by atoms with Gasteiger partial charge in [0.25, 0.3) is 5.91 Å². The highest BCUT2D eigenvalue weighted by Gasteiger charge is 2.12. The minimum atomic E-state index is -0.218. The standard InChI is InChI=1S/C24H24BrClN4OS/c1-14(2)15-4-10-19(26)21(12-15)29-24(32)30-22-13-16(5-11-20(22)27-3)23(31)28-18-8-6-17(25)7-9-18/h4-14,27H,1-3H3,(H,28,31)(H2,29,30,32). The summed E-state index contributed by atoms with van der Waals surface area (Å²) in [5.74, 6) is 0.149. The molecule has 3 aromatic rings. The van der Waals surface area contributed by atoms with Crippen molar-refractivity contribution in [3.63, 3.8) is 0 Å². The molecule has 0 atom stereocenters. The van der Waals surface area contributed by atoms with Gasteiger partial charge in [0.2, 0.25) is 0 Å². The zero-order valence-corrected chi connectivity index (χ0v) is 21.1. The van der Waals surface area contributed by atoms with E-state index in [9.17, 15) is 4.79 Å². The normalized spacial score (nSPS) is 10.6. The SMILES string of the molecule is CNc1ccc(C(=O)Nc2ccc(Br)cc2)cc1NC(=S)Nc1cc(C(C)C)ccc1Cl. The van der Waals surface area contributed by atoms with Gasteiger partial charge in [-0.05, 0) is 78.3 Å². The van der Waals surface area contributed by atoms with E-state index in [0.717, 1.165) is 21.4 Å². The number of hydrogen-bond donors (Lipinski definition) is 4. The van der Waals surface area contributed by atoms with Gasteiger partial charge in [-0.1, -0.05) is 47.4 Å². The number of carbonyl (C=O) groups excluding carboxylic acids is 1. The summed E-state index contributed by atoms with van der Waals surface area (Å²) in [6.45, 7) is 4.24. The third-order valence-corrected chi connectivity index (χ3v) is 5.87. The van der Waals surface area contributed by atoms with Gasteiger partial charge in [-0.3, -0.25) is 4.79 Å². The third-order valence-electron chi connectivity index (χ3n) is 4.81. The Hall–Kier alpha value is -2.61. The van der Waals surface area contributed by atoms with Crippen LogP contribution in [0.25, 0.3) is 0 Å². The summed E-state index contributed by atoms with van der Waals surface area (Å²) < 4.78 is 0.945. The van der Waals surface area contributed by atoms with Crippen molar-refractivity contribution >= 4 is 73.5 Å². The van der Waals surface area contributed by atoms with Gasteiger partial charge in [-0.15, -0.1) is 0 Å². The predicted molar refractivity (Wildman–Crippen MR) is 143 cm³/mol. The fourth-order valence-corrected chi connectivity index (χ4v) is 3.67. The quantitative estimate of drug-likeness (QED) is 0.251. The molecule has 4 N–H and O–H groups in total. The van der Waals surface area contributed by atoms with Crippen LogP contribution < -0.4 is 21.3 Å². The Morgan fingerprint density at radius 3 is 2.25 bits per heavy atom. The molecule has 3 aromatic carbocycles. The van der Waals surface area contributed by atoms with Crippen molar-refractivity contribution < 1.29 is 4.79 Å². The number of thiocarbonyl (C=S) groups is 1. The number of nitrogens with one attached hydrogen (secondary N) is 4. The zero-order chi connectivity index (χ0) is 23.3. The Morgan fingerprint density at radius 2 is 1.59 bits per heavy atom. The first-order valence-electron chi connectivity index (χ1n) is 10.0. The molecular weight excluding hydrogens is 508 g/mol. The topological polar surface area (TPSA) is 65.2 Å². The Bertz CT molecular complexity index is 1140. The van der Waals surface area contributed by atoms with Gasteiger partial charge in [-0.25, -0.2) is 0 Å². The van der Waals surface area contributed by atoms with Crippen molar-refractivity contribution in [3.8, 4) is 0 Å². The summed E-state index contributed by atoms with van der Waals surface area (Å²) in [5.41, 5.74) is 4.56. The minimum absolute atomic E-state index is 0.218. The number of rotatable bonds is 6. The summed E-state index contributed by atoms with van der Waals surface area (Å²) in [6.07, 6.45) is 0. The van der Waals surface area contributed by atoms with Crippen molar-refractivity contribution in [2.24, 2.45) is 0 Å². The maximum absolute atomic E-state index is 12.7. The van der Waals surface area contributed by atoms with Crippen molar-refractivity contribution in [2.45, 2.75) is 19.8 Å². The van der Waals surface area contributed by atoms with E-state index in [4.69, 9.17) is 23.8 Å². The van der Waals surface area contributed by atoms with Gasteiger partial charge in [0.1, 0.15) is 0 Å². The Balaban J connectivity index is 1.77. The summed E-state index contributed by atoms with van der Waals surface area (Å²) in [6, 6.07) is 18.6. The van der Waals surface area contributed by atoms with Crippen LogP contribution in [0.3, 0.4) is 0 Å². The van der Waals surface area contributed by atoms with Crippen molar-refractivity contribution in [1.29, 1.82) is 0 Å². The molecule has 0 saturated heterocycles. The highest BCUT2D eigenvalue weighted by molar-refractivity contribution is 9.10. The van der Waals surface area contributed by atoms with Crippen molar-refractivity contribution in [2.75, 3.05) is 28.3 Å². The molecule has 0 spiro atoms. The first-order valence-corrected chi connectivity index (χ1v) is 11.6.